The lowest BCUT2D eigenvalue weighted by Crippen LogP contribution is -2.35. The Kier molecular flexibility index (Phi) is 3.49. The number of hydrogen-bond acceptors (Lipinski definition) is 2. The molecule has 0 unspecified atom stereocenters. The summed E-state index contributed by atoms with van der Waals surface area (Å²) >= 11 is 0. The highest BCUT2D eigenvalue weighted by Crippen LogP contribution is 2.25. The zero-order valence-electron chi connectivity index (χ0n) is 7.56. The number of rotatable bonds is 2. The smallest absolute Gasteiger partial charge is 0.336 e. The van der Waals surface area contributed by atoms with Gasteiger partial charge in [0.2, 0.25) is 0 Å². The van der Waals surface area contributed by atoms with Crippen molar-refractivity contribution < 1.29 is 9.90 Å². The molecule has 2 rings (SSSR count). The van der Waals surface area contributed by atoms with E-state index in [2.05, 4.69) is 5.32 Å². The Morgan fingerprint density at radius 2 is 2.07 bits per heavy atom. The summed E-state index contributed by atoms with van der Waals surface area (Å²) in [5.41, 5.74) is 1.32. The Bertz CT molecular complexity index is 337. The third-order valence-electron chi connectivity index (χ3n) is 2.39. The molecule has 3 nitrogen and oxygen atoms in total. The summed E-state index contributed by atoms with van der Waals surface area (Å²) < 4.78 is 0. The average molecular weight is 214 g/mol. The molecule has 0 saturated carbocycles. The maximum atomic E-state index is 10.8. The Hall–Kier alpha value is -1.06. The van der Waals surface area contributed by atoms with E-state index >= 15 is 0 Å². The Morgan fingerprint density at radius 3 is 2.57 bits per heavy atom. The first-order valence-corrected chi connectivity index (χ1v) is 4.34. The SMILES string of the molecule is Cl.O=C(O)c1ccccc1[C@H]1CCN1. The van der Waals surface area contributed by atoms with Crippen LogP contribution in [0, 0.1) is 0 Å². The number of carboxylic acids is 1. The third-order valence-corrected chi connectivity index (χ3v) is 2.39. The van der Waals surface area contributed by atoms with Crippen molar-refractivity contribution in [2.45, 2.75) is 12.5 Å². The summed E-state index contributed by atoms with van der Waals surface area (Å²) in [7, 11) is 0. The monoisotopic (exact) mass is 213 g/mol. The van der Waals surface area contributed by atoms with Gasteiger partial charge in [-0.3, -0.25) is 0 Å². The zero-order valence-corrected chi connectivity index (χ0v) is 8.38. The van der Waals surface area contributed by atoms with E-state index in [1.807, 2.05) is 12.1 Å². The summed E-state index contributed by atoms with van der Waals surface area (Å²) in [6, 6.07) is 7.40. The normalized spacial score (nSPS) is 19.3. The van der Waals surface area contributed by atoms with E-state index in [-0.39, 0.29) is 18.4 Å². The van der Waals surface area contributed by atoms with Crippen molar-refractivity contribution >= 4 is 18.4 Å². The van der Waals surface area contributed by atoms with Crippen LogP contribution >= 0.6 is 12.4 Å². The molecular weight excluding hydrogens is 202 g/mol. The first-order valence-electron chi connectivity index (χ1n) is 4.34. The van der Waals surface area contributed by atoms with Gasteiger partial charge < -0.3 is 10.4 Å². The van der Waals surface area contributed by atoms with Gasteiger partial charge in [-0.25, -0.2) is 4.79 Å². The molecule has 4 heteroatoms. The van der Waals surface area contributed by atoms with Crippen molar-refractivity contribution in [2.24, 2.45) is 0 Å². The Morgan fingerprint density at radius 1 is 1.43 bits per heavy atom. The number of halogens is 1. The molecule has 0 spiro atoms. The second kappa shape index (κ2) is 4.44. The highest BCUT2D eigenvalue weighted by Gasteiger charge is 2.22. The fourth-order valence-electron chi connectivity index (χ4n) is 1.55. The highest BCUT2D eigenvalue weighted by atomic mass is 35.5. The van der Waals surface area contributed by atoms with Gasteiger partial charge in [0.1, 0.15) is 0 Å². The van der Waals surface area contributed by atoms with Gasteiger partial charge in [0.25, 0.3) is 0 Å². The molecular formula is C10H12ClNO2. The average Bonchev–Trinajstić information content (AvgIpc) is 2.02. The van der Waals surface area contributed by atoms with Gasteiger partial charge in [-0.05, 0) is 24.6 Å². The molecule has 0 radical (unpaired) electrons. The first kappa shape index (κ1) is 11.0. The molecule has 0 bridgehead atoms. The Balaban J connectivity index is 0.000000980. The van der Waals surface area contributed by atoms with E-state index in [4.69, 9.17) is 5.11 Å². The minimum Gasteiger partial charge on any atom is -0.478 e. The van der Waals surface area contributed by atoms with Gasteiger partial charge >= 0.3 is 5.97 Å². The van der Waals surface area contributed by atoms with Crippen LogP contribution in [0.3, 0.4) is 0 Å². The van der Waals surface area contributed by atoms with E-state index in [1.165, 1.54) is 0 Å². The summed E-state index contributed by atoms with van der Waals surface area (Å²) in [5, 5.41) is 12.1. The van der Waals surface area contributed by atoms with E-state index in [1.54, 1.807) is 12.1 Å². The lowest BCUT2D eigenvalue weighted by Gasteiger charge is -2.28. The van der Waals surface area contributed by atoms with Crippen LogP contribution in [0.5, 0.6) is 0 Å². The van der Waals surface area contributed by atoms with E-state index < -0.39 is 5.97 Å². The molecule has 1 aromatic rings. The van der Waals surface area contributed by atoms with Gasteiger partial charge in [0.05, 0.1) is 5.56 Å². The van der Waals surface area contributed by atoms with Crippen molar-refractivity contribution in [2.75, 3.05) is 6.54 Å². The summed E-state index contributed by atoms with van der Waals surface area (Å²) in [5.74, 6) is -0.843. The molecule has 1 aromatic carbocycles. The maximum Gasteiger partial charge on any atom is 0.336 e. The molecule has 1 fully saturated rings. The second-order valence-electron chi connectivity index (χ2n) is 3.19. The molecule has 1 aliphatic rings. The lowest BCUT2D eigenvalue weighted by atomic mass is 9.94. The fourth-order valence-corrected chi connectivity index (χ4v) is 1.55. The van der Waals surface area contributed by atoms with Crippen molar-refractivity contribution in [1.82, 2.24) is 5.32 Å². The molecule has 0 aliphatic carbocycles. The number of benzene rings is 1. The molecule has 1 aliphatic heterocycles. The molecule has 0 aromatic heterocycles. The molecule has 1 heterocycles. The highest BCUT2D eigenvalue weighted by molar-refractivity contribution is 5.89. The van der Waals surface area contributed by atoms with Crippen LogP contribution in [-0.4, -0.2) is 17.6 Å². The van der Waals surface area contributed by atoms with Crippen LogP contribution in [0.15, 0.2) is 24.3 Å². The number of aromatic carboxylic acids is 1. The predicted molar refractivity (Wildman–Crippen MR) is 56.0 cm³/mol. The first-order chi connectivity index (χ1) is 6.29. The van der Waals surface area contributed by atoms with Crippen LogP contribution in [0.4, 0.5) is 0 Å². The van der Waals surface area contributed by atoms with Crippen LogP contribution < -0.4 is 5.32 Å². The lowest BCUT2D eigenvalue weighted by molar-refractivity contribution is 0.0694. The third kappa shape index (κ3) is 1.89. The predicted octanol–water partition coefficient (Wildman–Crippen LogP) is 1.84. The van der Waals surface area contributed by atoms with E-state index in [9.17, 15) is 4.79 Å². The molecule has 1 saturated heterocycles. The number of nitrogens with one attached hydrogen (secondary N) is 1. The van der Waals surface area contributed by atoms with Crippen LogP contribution in [0.25, 0.3) is 0 Å². The van der Waals surface area contributed by atoms with Crippen molar-refractivity contribution in [3.05, 3.63) is 35.4 Å². The second-order valence-corrected chi connectivity index (χ2v) is 3.19. The van der Waals surface area contributed by atoms with Crippen molar-refractivity contribution in [3.8, 4) is 0 Å². The molecule has 2 N–H and O–H groups in total. The van der Waals surface area contributed by atoms with Crippen LogP contribution in [-0.2, 0) is 0 Å². The quantitative estimate of drug-likeness (QED) is 0.788. The Labute approximate surface area is 88.5 Å². The van der Waals surface area contributed by atoms with Crippen LogP contribution in [0.1, 0.15) is 28.4 Å². The minimum absolute atomic E-state index is 0. The van der Waals surface area contributed by atoms with Crippen LogP contribution in [0.2, 0.25) is 0 Å². The molecule has 76 valence electrons. The number of hydrogen-bond donors (Lipinski definition) is 2. The van der Waals surface area contributed by atoms with Gasteiger partial charge in [-0.15, -0.1) is 12.4 Å². The topological polar surface area (TPSA) is 49.3 Å². The standard InChI is InChI=1S/C10H11NO2.ClH/c12-10(13)8-4-2-1-3-7(8)9-5-6-11-9;/h1-4,9,11H,5-6H2,(H,12,13);1H/t9-;/m1./s1. The largest absolute Gasteiger partial charge is 0.478 e. The van der Waals surface area contributed by atoms with E-state index in [0.717, 1.165) is 18.5 Å². The van der Waals surface area contributed by atoms with E-state index in [0.29, 0.717) is 5.56 Å². The number of carbonyl (C=O) groups is 1. The molecule has 14 heavy (non-hydrogen) atoms. The molecule has 0 amide bonds. The van der Waals surface area contributed by atoms with Gasteiger partial charge in [0.15, 0.2) is 0 Å². The summed E-state index contributed by atoms with van der Waals surface area (Å²) in [6.07, 6.45) is 1.03. The zero-order chi connectivity index (χ0) is 9.26. The van der Waals surface area contributed by atoms with Gasteiger partial charge in [0, 0.05) is 6.04 Å². The minimum atomic E-state index is -0.843. The van der Waals surface area contributed by atoms with Gasteiger partial charge in [-0.2, -0.15) is 0 Å². The number of carboxylic acid groups (broad SMARTS) is 1. The van der Waals surface area contributed by atoms with Crippen molar-refractivity contribution in [3.63, 3.8) is 0 Å². The van der Waals surface area contributed by atoms with Gasteiger partial charge in [-0.1, -0.05) is 18.2 Å². The van der Waals surface area contributed by atoms with Crippen molar-refractivity contribution in [1.29, 1.82) is 0 Å². The maximum absolute atomic E-state index is 10.8. The summed E-state index contributed by atoms with van der Waals surface area (Å²) in [6.45, 7) is 0.985. The summed E-state index contributed by atoms with van der Waals surface area (Å²) in [4.78, 5) is 10.8. The molecule has 1 atom stereocenters. The fraction of sp³-hybridized carbons (Fsp3) is 0.300.